The number of aryl methyl sites for hydroxylation is 1. The highest BCUT2D eigenvalue weighted by Gasteiger charge is 1.96. The molecule has 1 aromatic heterocycles. The fourth-order valence-electron chi connectivity index (χ4n) is 0.689. The topological polar surface area (TPSA) is 64.5 Å². The number of H-pyrrole nitrogens is 1. The molecule has 52 valence electrons. The summed E-state index contributed by atoms with van der Waals surface area (Å²) < 4.78 is 0. The second kappa shape index (κ2) is 2.87. The molecule has 0 atom stereocenters. The van der Waals surface area contributed by atoms with Crippen LogP contribution in [0.2, 0.25) is 0 Å². The minimum atomic E-state index is 0.554. The molecule has 0 spiro atoms. The highest BCUT2D eigenvalue weighted by molar-refractivity contribution is 5.14. The normalized spacial score (nSPS) is 8.80. The van der Waals surface area contributed by atoms with Crippen LogP contribution in [-0.2, 0) is 6.54 Å². The molecular formula is C6H8N4. The molecule has 0 aliphatic rings. The molecule has 1 aromatic rings. The van der Waals surface area contributed by atoms with Crippen molar-refractivity contribution in [1.82, 2.24) is 15.5 Å². The Morgan fingerprint density at radius 2 is 2.70 bits per heavy atom. The summed E-state index contributed by atoms with van der Waals surface area (Å²) in [5.41, 5.74) is 2.03. The fraction of sp³-hybridized carbons (Fsp3) is 0.333. The molecule has 4 heteroatoms. The first-order valence-electron chi connectivity index (χ1n) is 2.95. The zero-order valence-electron chi connectivity index (χ0n) is 5.68. The molecule has 1 rings (SSSR count). The molecule has 0 radical (unpaired) electrons. The van der Waals surface area contributed by atoms with Gasteiger partial charge >= 0.3 is 0 Å². The summed E-state index contributed by atoms with van der Waals surface area (Å²) in [6, 6.07) is 0. The fourth-order valence-corrected chi connectivity index (χ4v) is 0.689. The van der Waals surface area contributed by atoms with Crippen molar-refractivity contribution < 1.29 is 0 Å². The average Bonchev–Trinajstić information content (AvgIpc) is 2.31. The second-order valence-electron chi connectivity index (χ2n) is 1.99. The van der Waals surface area contributed by atoms with Crippen molar-refractivity contribution >= 4 is 0 Å². The third-order valence-corrected chi connectivity index (χ3v) is 1.29. The minimum absolute atomic E-state index is 0.554. The van der Waals surface area contributed by atoms with Crippen LogP contribution in [0.3, 0.4) is 0 Å². The first-order valence-corrected chi connectivity index (χ1v) is 2.95. The summed E-state index contributed by atoms with van der Waals surface area (Å²) >= 11 is 0. The summed E-state index contributed by atoms with van der Waals surface area (Å²) in [4.78, 5) is 0. The van der Waals surface area contributed by atoms with E-state index in [2.05, 4.69) is 15.5 Å². The molecular weight excluding hydrogens is 128 g/mol. The summed E-state index contributed by atoms with van der Waals surface area (Å²) in [6.45, 7) is 2.47. The van der Waals surface area contributed by atoms with Gasteiger partial charge in [0.15, 0.2) is 6.19 Å². The van der Waals surface area contributed by atoms with Crippen molar-refractivity contribution in [2.75, 3.05) is 0 Å². The van der Waals surface area contributed by atoms with E-state index in [1.807, 2.05) is 13.1 Å². The Kier molecular flexibility index (Phi) is 1.90. The third-order valence-electron chi connectivity index (χ3n) is 1.29. The zero-order valence-corrected chi connectivity index (χ0v) is 5.68. The molecule has 0 saturated carbocycles. The van der Waals surface area contributed by atoms with E-state index in [9.17, 15) is 0 Å². The summed E-state index contributed by atoms with van der Waals surface area (Å²) in [6.07, 6.45) is 3.55. The Labute approximate surface area is 58.9 Å². The maximum absolute atomic E-state index is 8.16. The van der Waals surface area contributed by atoms with Gasteiger partial charge in [-0.2, -0.15) is 10.4 Å². The van der Waals surface area contributed by atoms with Gasteiger partial charge in [-0.25, -0.2) is 0 Å². The van der Waals surface area contributed by atoms with Gasteiger partial charge in [-0.1, -0.05) is 0 Å². The van der Waals surface area contributed by atoms with Gasteiger partial charge in [-0.3, -0.25) is 5.10 Å². The molecule has 0 unspecified atom stereocenters. The molecule has 4 nitrogen and oxygen atoms in total. The van der Waals surface area contributed by atoms with Gasteiger partial charge in [0.05, 0.1) is 12.7 Å². The molecule has 0 amide bonds. The van der Waals surface area contributed by atoms with Gasteiger partial charge in [0.1, 0.15) is 0 Å². The second-order valence-corrected chi connectivity index (χ2v) is 1.99. The van der Waals surface area contributed by atoms with Crippen LogP contribution in [-0.4, -0.2) is 10.2 Å². The molecule has 1 heterocycles. The van der Waals surface area contributed by atoms with Gasteiger partial charge in [0, 0.05) is 11.3 Å². The number of hydrogen-bond donors (Lipinski definition) is 2. The van der Waals surface area contributed by atoms with Crippen LogP contribution >= 0.6 is 0 Å². The van der Waals surface area contributed by atoms with Crippen LogP contribution < -0.4 is 5.32 Å². The van der Waals surface area contributed by atoms with Crippen molar-refractivity contribution in [2.45, 2.75) is 13.5 Å². The van der Waals surface area contributed by atoms with E-state index in [1.54, 1.807) is 6.20 Å². The quantitative estimate of drug-likeness (QED) is 0.453. The molecule has 2 N–H and O–H groups in total. The van der Waals surface area contributed by atoms with E-state index >= 15 is 0 Å². The number of nitriles is 1. The van der Waals surface area contributed by atoms with Gasteiger partial charge < -0.3 is 5.32 Å². The number of rotatable bonds is 2. The smallest absolute Gasteiger partial charge is 0.176 e. The van der Waals surface area contributed by atoms with Crippen LogP contribution in [0.5, 0.6) is 0 Å². The van der Waals surface area contributed by atoms with Gasteiger partial charge in [-0.15, -0.1) is 0 Å². The Balaban J connectivity index is 2.59. The lowest BCUT2D eigenvalue weighted by atomic mass is 10.3. The SMILES string of the molecule is Cc1[nH]ncc1CNC#N. The number of nitrogens with zero attached hydrogens (tertiary/aromatic N) is 2. The van der Waals surface area contributed by atoms with Gasteiger partial charge in [0.2, 0.25) is 0 Å². The van der Waals surface area contributed by atoms with Gasteiger partial charge in [-0.05, 0) is 6.92 Å². The van der Waals surface area contributed by atoms with Crippen molar-refractivity contribution in [3.05, 3.63) is 17.5 Å². The Hall–Kier alpha value is -1.50. The van der Waals surface area contributed by atoms with Crippen LogP contribution in [0.15, 0.2) is 6.20 Å². The highest BCUT2D eigenvalue weighted by atomic mass is 15.1. The van der Waals surface area contributed by atoms with E-state index in [0.29, 0.717) is 6.54 Å². The molecule has 0 aromatic carbocycles. The Bertz CT molecular complexity index is 244. The van der Waals surface area contributed by atoms with Crippen molar-refractivity contribution in [3.8, 4) is 6.19 Å². The highest BCUT2D eigenvalue weighted by Crippen LogP contribution is 2.00. The van der Waals surface area contributed by atoms with Crippen molar-refractivity contribution in [3.63, 3.8) is 0 Å². The lowest BCUT2D eigenvalue weighted by Crippen LogP contribution is -2.04. The summed E-state index contributed by atoms with van der Waals surface area (Å²) in [5.74, 6) is 0. The summed E-state index contributed by atoms with van der Waals surface area (Å²) in [5, 5.41) is 17.3. The standard InChI is InChI=1S/C6H8N4/c1-5-6(2-8-4-7)3-9-10-5/h3,8H,2H2,1H3,(H,9,10). The van der Waals surface area contributed by atoms with E-state index in [4.69, 9.17) is 5.26 Å². The van der Waals surface area contributed by atoms with Gasteiger partial charge in [0.25, 0.3) is 0 Å². The first-order chi connectivity index (χ1) is 4.84. The molecule has 0 aliphatic heterocycles. The first kappa shape index (κ1) is 6.62. The lowest BCUT2D eigenvalue weighted by molar-refractivity contribution is 0.876. The molecule has 0 aliphatic carbocycles. The van der Waals surface area contributed by atoms with Crippen molar-refractivity contribution in [1.29, 1.82) is 5.26 Å². The Morgan fingerprint density at radius 1 is 1.90 bits per heavy atom. The largest absolute Gasteiger partial charge is 0.319 e. The van der Waals surface area contributed by atoms with E-state index in [1.165, 1.54) is 0 Å². The third kappa shape index (κ3) is 1.26. The predicted octanol–water partition coefficient (Wildman–Crippen LogP) is 0.289. The maximum Gasteiger partial charge on any atom is 0.176 e. The lowest BCUT2D eigenvalue weighted by Gasteiger charge is -1.92. The number of nitrogens with one attached hydrogen (secondary N) is 2. The molecule has 0 fully saturated rings. The number of aromatic amines is 1. The van der Waals surface area contributed by atoms with E-state index in [-0.39, 0.29) is 0 Å². The van der Waals surface area contributed by atoms with Crippen LogP contribution in [0.1, 0.15) is 11.3 Å². The average molecular weight is 136 g/mol. The molecule has 10 heavy (non-hydrogen) atoms. The van der Waals surface area contributed by atoms with E-state index in [0.717, 1.165) is 11.3 Å². The van der Waals surface area contributed by atoms with Crippen LogP contribution in [0.25, 0.3) is 0 Å². The summed E-state index contributed by atoms with van der Waals surface area (Å²) in [7, 11) is 0. The minimum Gasteiger partial charge on any atom is -0.319 e. The van der Waals surface area contributed by atoms with E-state index < -0.39 is 0 Å². The Morgan fingerprint density at radius 3 is 3.20 bits per heavy atom. The van der Waals surface area contributed by atoms with Crippen LogP contribution in [0, 0.1) is 18.4 Å². The molecule has 0 bridgehead atoms. The zero-order chi connectivity index (χ0) is 7.40. The number of aromatic nitrogens is 2. The molecule has 0 saturated heterocycles. The maximum atomic E-state index is 8.16. The van der Waals surface area contributed by atoms with Crippen molar-refractivity contribution in [2.24, 2.45) is 0 Å². The van der Waals surface area contributed by atoms with Crippen LogP contribution in [0.4, 0.5) is 0 Å². The number of hydrogen-bond acceptors (Lipinski definition) is 3. The predicted molar refractivity (Wildman–Crippen MR) is 35.8 cm³/mol. The monoisotopic (exact) mass is 136 g/mol.